The average Bonchev–Trinajstić information content (AvgIpc) is 3.42. The van der Waals surface area contributed by atoms with Gasteiger partial charge in [0.15, 0.2) is 29.1 Å². The SMILES string of the molecule is O=P(O)(O)CP(=O)(O)OC[C@H]1O[C@@H](n2cnc3c(N4CCC(c5ccccc5)CC4)nc(Cl)nc32)[C@@H](O)C1O. The Bertz CT molecular complexity index is 1420. The monoisotopic (exact) mass is 603 g/mol. The number of nitrogens with zero attached hydrogens (tertiary/aromatic N) is 5. The number of piperidine rings is 1. The summed E-state index contributed by atoms with van der Waals surface area (Å²) < 4.78 is 34.9. The summed E-state index contributed by atoms with van der Waals surface area (Å²) in [5.41, 5.74) is 1.96. The first-order valence-electron chi connectivity index (χ1n) is 12.1. The molecular formula is C22H28ClN5O9P2. The van der Waals surface area contributed by atoms with Crippen LogP contribution in [-0.2, 0) is 18.4 Å². The lowest BCUT2D eigenvalue weighted by atomic mass is 9.89. The van der Waals surface area contributed by atoms with Crippen LogP contribution in [-0.4, -0.2) is 88.3 Å². The Hall–Kier alpha value is -1.96. The Morgan fingerprint density at radius 1 is 1.05 bits per heavy atom. The first-order valence-corrected chi connectivity index (χ1v) is 16.1. The number of aliphatic hydroxyl groups is 2. The van der Waals surface area contributed by atoms with Crippen LogP contribution in [0.5, 0.6) is 0 Å². The van der Waals surface area contributed by atoms with Crippen molar-refractivity contribution in [3.63, 3.8) is 0 Å². The maximum atomic E-state index is 12.0. The molecule has 1 aromatic carbocycles. The van der Waals surface area contributed by atoms with Crippen LogP contribution in [0.25, 0.3) is 11.2 Å². The summed E-state index contributed by atoms with van der Waals surface area (Å²) in [6.45, 7) is 0.725. The molecule has 2 unspecified atom stereocenters. The molecule has 17 heteroatoms. The molecule has 212 valence electrons. The minimum Gasteiger partial charge on any atom is -0.387 e. The van der Waals surface area contributed by atoms with E-state index in [1.165, 1.54) is 16.5 Å². The first kappa shape index (κ1) is 28.6. The molecule has 0 aliphatic carbocycles. The molecule has 2 aliphatic heterocycles. The van der Waals surface area contributed by atoms with Gasteiger partial charge in [0.05, 0.1) is 12.9 Å². The zero-order chi connectivity index (χ0) is 27.9. The van der Waals surface area contributed by atoms with E-state index in [0.29, 0.717) is 30.3 Å². The van der Waals surface area contributed by atoms with Crippen LogP contribution in [0.3, 0.4) is 0 Å². The summed E-state index contributed by atoms with van der Waals surface area (Å²) in [4.78, 5) is 42.8. The Balaban J connectivity index is 1.33. The van der Waals surface area contributed by atoms with E-state index in [9.17, 15) is 24.2 Å². The van der Waals surface area contributed by atoms with Crippen molar-refractivity contribution in [2.75, 3.05) is 30.5 Å². The zero-order valence-corrected chi connectivity index (χ0v) is 23.0. The number of halogens is 1. The van der Waals surface area contributed by atoms with Crippen molar-refractivity contribution in [1.29, 1.82) is 0 Å². The minimum absolute atomic E-state index is 0.0454. The van der Waals surface area contributed by atoms with Gasteiger partial charge >= 0.3 is 15.2 Å². The molecule has 2 aromatic heterocycles. The predicted molar refractivity (Wildman–Crippen MR) is 140 cm³/mol. The molecule has 2 fully saturated rings. The number of benzene rings is 1. The molecule has 0 radical (unpaired) electrons. The first-order chi connectivity index (χ1) is 18.4. The van der Waals surface area contributed by atoms with Gasteiger partial charge in [-0.1, -0.05) is 30.3 Å². The summed E-state index contributed by atoms with van der Waals surface area (Å²) in [5, 5.41) is 21.1. The van der Waals surface area contributed by atoms with E-state index in [4.69, 9.17) is 30.6 Å². The van der Waals surface area contributed by atoms with Gasteiger partial charge in [-0.25, -0.2) is 4.98 Å². The van der Waals surface area contributed by atoms with Crippen molar-refractivity contribution in [1.82, 2.24) is 19.5 Å². The Morgan fingerprint density at radius 3 is 2.41 bits per heavy atom. The topological polar surface area (TPSA) is 201 Å². The van der Waals surface area contributed by atoms with Gasteiger partial charge in [0, 0.05) is 13.1 Å². The van der Waals surface area contributed by atoms with E-state index in [2.05, 4.69) is 32.0 Å². The van der Waals surface area contributed by atoms with E-state index >= 15 is 0 Å². The maximum Gasteiger partial charge on any atom is 0.340 e. The van der Waals surface area contributed by atoms with Crippen molar-refractivity contribution in [3.8, 4) is 0 Å². The number of aliphatic hydroxyl groups excluding tert-OH is 2. The highest BCUT2D eigenvalue weighted by Crippen LogP contribution is 2.55. The summed E-state index contributed by atoms with van der Waals surface area (Å²) in [5.74, 6) is -0.435. The molecular weight excluding hydrogens is 576 g/mol. The van der Waals surface area contributed by atoms with Crippen molar-refractivity contribution in [2.45, 2.75) is 43.3 Å². The van der Waals surface area contributed by atoms with E-state index in [1.807, 2.05) is 18.2 Å². The van der Waals surface area contributed by atoms with Gasteiger partial charge in [-0.2, -0.15) is 9.97 Å². The summed E-state index contributed by atoms with van der Waals surface area (Å²) in [6.07, 6.45) is -2.36. The van der Waals surface area contributed by atoms with E-state index < -0.39 is 52.2 Å². The van der Waals surface area contributed by atoms with Crippen molar-refractivity contribution in [3.05, 3.63) is 47.5 Å². The van der Waals surface area contributed by atoms with Crippen LogP contribution in [0.4, 0.5) is 5.82 Å². The number of hydrogen-bond acceptors (Lipinski definition) is 10. The van der Waals surface area contributed by atoms with Crippen LogP contribution < -0.4 is 4.90 Å². The number of rotatable bonds is 8. The number of aromatic nitrogens is 4. The highest BCUT2D eigenvalue weighted by molar-refractivity contribution is 7.70. The number of hydrogen-bond donors (Lipinski definition) is 5. The Morgan fingerprint density at radius 2 is 1.74 bits per heavy atom. The highest BCUT2D eigenvalue weighted by Gasteiger charge is 2.46. The second-order valence-electron chi connectivity index (χ2n) is 9.60. The fourth-order valence-corrected chi connectivity index (χ4v) is 7.72. The molecule has 3 aromatic rings. The highest BCUT2D eigenvalue weighted by atomic mass is 35.5. The Labute approximate surface area is 227 Å². The lowest BCUT2D eigenvalue weighted by Gasteiger charge is -2.33. The fourth-order valence-electron chi connectivity index (χ4n) is 4.99. The third kappa shape index (κ3) is 6.36. The molecule has 5 rings (SSSR count). The van der Waals surface area contributed by atoms with Gasteiger partial charge in [0.2, 0.25) is 5.28 Å². The molecule has 0 saturated carbocycles. The third-order valence-corrected chi connectivity index (χ3v) is 10.5. The van der Waals surface area contributed by atoms with Crippen molar-refractivity contribution >= 4 is 43.8 Å². The van der Waals surface area contributed by atoms with Gasteiger partial charge in [-0.05, 0) is 35.9 Å². The molecule has 0 bridgehead atoms. The van der Waals surface area contributed by atoms with Crippen molar-refractivity contribution in [2.24, 2.45) is 0 Å². The van der Waals surface area contributed by atoms with Gasteiger partial charge in [0.1, 0.15) is 18.3 Å². The van der Waals surface area contributed by atoms with E-state index in [0.717, 1.165) is 12.8 Å². The molecule has 0 amide bonds. The molecule has 14 nitrogen and oxygen atoms in total. The van der Waals surface area contributed by atoms with Crippen LogP contribution in [0.15, 0.2) is 36.7 Å². The second kappa shape index (κ2) is 11.1. The number of ether oxygens (including phenoxy) is 1. The quantitative estimate of drug-likeness (QED) is 0.184. The molecule has 2 saturated heterocycles. The van der Waals surface area contributed by atoms with Gasteiger partial charge in [0.25, 0.3) is 0 Å². The lowest BCUT2D eigenvalue weighted by Crippen LogP contribution is -2.34. The number of fused-ring (bicyclic) bond motifs is 1. The standard InChI is InChI=1S/C22H28ClN5O9P2/c23-22-25-19(27-8-6-14(7-9-27)13-4-2-1-3-5-13)16-20(26-22)28(11-24-16)21-18(30)17(29)15(37-21)10-36-39(34,35)12-38(31,32)33/h1-5,11,14-15,17-18,21,29-30H,6-10,12H2,(H,34,35)(H2,31,32,33)/t15-,17?,18+,21-/m1/s1. The summed E-state index contributed by atoms with van der Waals surface area (Å²) >= 11 is 6.26. The average molecular weight is 604 g/mol. The largest absolute Gasteiger partial charge is 0.387 e. The third-order valence-electron chi connectivity index (χ3n) is 6.86. The molecule has 5 N–H and O–H groups in total. The van der Waals surface area contributed by atoms with Crippen LogP contribution in [0.1, 0.15) is 30.6 Å². The fraction of sp³-hybridized carbons (Fsp3) is 0.500. The Kier molecular flexibility index (Phi) is 8.16. The molecule has 0 spiro atoms. The minimum atomic E-state index is -4.83. The predicted octanol–water partition coefficient (Wildman–Crippen LogP) is 1.82. The van der Waals surface area contributed by atoms with E-state index in [1.54, 1.807) is 0 Å². The van der Waals surface area contributed by atoms with Crippen LogP contribution >= 0.6 is 26.8 Å². The molecule has 4 heterocycles. The smallest absolute Gasteiger partial charge is 0.340 e. The second-order valence-corrected chi connectivity index (χ2v) is 13.9. The molecule has 5 atom stereocenters. The van der Waals surface area contributed by atoms with Gasteiger partial charge in [-0.3, -0.25) is 13.7 Å². The normalized spacial score (nSPS) is 26.3. The van der Waals surface area contributed by atoms with Gasteiger partial charge < -0.3 is 39.1 Å². The van der Waals surface area contributed by atoms with Crippen molar-refractivity contribution < 1.29 is 43.3 Å². The summed E-state index contributed by atoms with van der Waals surface area (Å²) in [7, 11) is -9.51. The zero-order valence-electron chi connectivity index (χ0n) is 20.5. The molecule has 2 aliphatic rings. The van der Waals surface area contributed by atoms with Crippen LogP contribution in [0.2, 0.25) is 5.28 Å². The number of anilines is 1. The van der Waals surface area contributed by atoms with Crippen LogP contribution in [0, 0.1) is 0 Å². The lowest BCUT2D eigenvalue weighted by molar-refractivity contribution is -0.0483. The van der Waals surface area contributed by atoms with E-state index in [-0.39, 0.29) is 10.9 Å². The molecule has 39 heavy (non-hydrogen) atoms. The van der Waals surface area contributed by atoms with Gasteiger partial charge in [-0.15, -0.1) is 0 Å². The maximum absolute atomic E-state index is 12.0. The number of imidazole rings is 1. The summed E-state index contributed by atoms with van der Waals surface area (Å²) in [6, 6.07) is 10.3.